The van der Waals surface area contributed by atoms with Crippen molar-refractivity contribution in [2.24, 2.45) is 7.05 Å². The zero-order chi connectivity index (χ0) is 19.0. The molecule has 0 atom stereocenters. The van der Waals surface area contributed by atoms with Crippen molar-refractivity contribution in [3.8, 4) is 11.4 Å². The fourth-order valence-corrected chi connectivity index (χ4v) is 4.84. The third-order valence-corrected chi connectivity index (χ3v) is 6.86. The summed E-state index contributed by atoms with van der Waals surface area (Å²) in [6.45, 7) is 2.91. The van der Waals surface area contributed by atoms with Crippen LogP contribution in [0.4, 0.5) is 0 Å². The third kappa shape index (κ3) is 3.28. The van der Waals surface area contributed by atoms with Crippen LogP contribution in [0.2, 0.25) is 0 Å². The number of hydrogen-bond donors (Lipinski definition) is 0. The van der Waals surface area contributed by atoms with Crippen molar-refractivity contribution in [3.63, 3.8) is 0 Å². The Morgan fingerprint density at radius 1 is 1.04 bits per heavy atom. The molecule has 1 saturated heterocycles. The molecule has 0 amide bonds. The van der Waals surface area contributed by atoms with Gasteiger partial charge in [-0.2, -0.15) is 9.40 Å². The van der Waals surface area contributed by atoms with Gasteiger partial charge in [-0.25, -0.2) is 13.4 Å². The molecule has 1 fully saturated rings. The van der Waals surface area contributed by atoms with Crippen molar-refractivity contribution >= 4 is 10.0 Å². The van der Waals surface area contributed by atoms with Gasteiger partial charge in [-0.1, -0.05) is 49.4 Å². The summed E-state index contributed by atoms with van der Waals surface area (Å²) in [5.74, 6) is 1.55. The predicted octanol–water partition coefficient (Wildman–Crippen LogP) is 2.83. The quantitative estimate of drug-likeness (QED) is 0.680. The lowest BCUT2D eigenvalue weighted by Gasteiger charge is -2.37. The van der Waals surface area contributed by atoms with Gasteiger partial charge in [0, 0.05) is 31.6 Å². The number of rotatable bonds is 5. The maximum absolute atomic E-state index is 12.8. The number of benzene rings is 2. The van der Waals surface area contributed by atoms with Crippen LogP contribution in [0.25, 0.3) is 11.4 Å². The van der Waals surface area contributed by atoms with E-state index in [1.807, 2.05) is 56.4 Å². The second-order valence-corrected chi connectivity index (χ2v) is 8.74. The molecule has 1 aliphatic heterocycles. The van der Waals surface area contributed by atoms with E-state index in [0.29, 0.717) is 23.8 Å². The standard InChI is InChI=1S/C20H22N4O2S/c1-3-15-9-11-18(12-10-15)27(25,26)24-13-17(14-24)20-21-19(22-23(20)2)16-7-5-4-6-8-16/h4-12,17H,3,13-14H2,1-2H3. The van der Waals surface area contributed by atoms with Crippen LogP contribution >= 0.6 is 0 Å². The highest BCUT2D eigenvalue weighted by Gasteiger charge is 2.39. The molecule has 27 heavy (non-hydrogen) atoms. The van der Waals surface area contributed by atoms with E-state index in [9.17, 15) is 8.42 Å². The molecule has 1 aromatic heterocycles. The first-order chi connectivity index (χ1) is 13.0. The topological polar surface area (TPSA) is 68.1 Å². The minimum absolute atomic E-state index is 0.0599. The SMILES string of the molecule is CCc1ccc(S(=O)(=O)N2CC(c3nc(-c4ccccc4)nn3C)C2)cc1. The highest BCUT2D eigenvalue weighted by molar-refractivity contribution is 7.89. The van der Waals surface area contributed by atoms with Gasteiger partial charge in [0.15, 0.2) is 5.82 Å². The number of sulfonamides is 1. The number of aromatic nitrogens is 3. The average Bonchev–Trinajstić information content (AvgIpc) is 3.02. The Bertz CT molecular complexity index is 1040. The maximum Gasteiger partial charge on any atom is 0.243 e. The van der Waals surface area contributed by atoms with Crippen LogP contribution in [0.1, 0.15) is 24.2 Å². The first-order valence-electron chi connectivity index (χ1n) is 9.04. The first kappa shape index (κ1) is 17.9. The van der Waals surface area contributed by atoms with Crippen LogP contribution in [-0.4, -0.2) is 40.6 Å². The van der Waals surface area contributed by atoms with E-state index in [1.165, 1.54) is 4.31 Å². The molecule has 1 aliphatic rings. The van der Waals surface area contributed by atoms with Gasteiger partial charge in [0.05, 0.1) is 4.90 Å². The van der Waals surface area contributed by atoms with Crippen molar-refractivity contribution in [3.05, 3.63) is 66.0 Å². The van der Waals surface area contributed by atoms with Gasteiger partial charge in [0.25, 0.3) is 0 Å². The number of aryl methyl sites for hydroxylation is 2. The molecular weight excluding hydrogens is 360 g/mol. The Kier molecular flexibility index (Phi) is 4.57. The van der Waals surface area contributed by atoms with Crippen LogP contribution in [-0.2, 0) is 23.5 Å². The summed E-state index contributed by atoms with van der Waals surface area (Å²) >= 11 is 0. The van der Waals surface area contributed by atoms with Crippen molar-refractivity contribution < 1.29 is 8.42 Å². The van der Waals surface area contributed by atoms with Gasteiger partial charge in [-0.3, -0.25) is 4.68 Å². The molecule has 3 aromatic rings. The summed E-state index contributed by atoms with van der Waals surface area (Å²) in [4.78, 5) is 4.99. The second-order valence-electron chi connectivity index (χ2n) is 6.80. The summed E-state index contributed by atoms with van der Waals surface area (Å²) in [5.41, 5.74) is 2.09. The fraction of sp³-hybridized carbons (Fsp3) is 0.300. The molecular formula is C20H22N4O2S. The van der Waals surface area contributed by atoms with Crippen LogP contribution in [0.3, 0.4) is 0 Å². The lowest BCUT2D eigenvalue weighted by atomic mass is 10.0. The van der Waals surface area contributed by atoms with Crippen molar-refractivity contribution in [1.29, 1.82) is 0 Å². The van der Waals surface area contributed by atoms with Crippen molar-refractivity contribution in [2.75, 3.05) is 13.1 Å². The largest absolute Gasteiger partial charge is 0.252 e. The average molecular weight is 382 g/mol. The van der Waals surface area contributed by atoms with Crippen LogP contribution < -0.4 is 0 Å². The molecule has 2 heterocycles. The lowest BCUT2D eigenvalue weighted by Crippen LogP contribution is -2.49. The van der Waals surface area contributed by atoms with E-state index >= 15 is 0 Å². The molecule has 0 saturated carbocycles. The minimum atomic E-state index is -3.45. The summed E-state index contributed by atoms with van der Waals surface area (Å²) in [7, 11) is -1.59. The molecule has 0 bridgehead atoms. The Hall–Kier alpha value is -2.51. The molecule has 6 nitrogen and oxygen atoms in total. The van der Waals surface area contributed by atoms with Crippen LogP contribution in [0.15, 0.2) is 59.5 Å². The van der Waals surface area contributed by atoms with E-state index in [-0.39, 0.29) is 5.92 Å². The molecule has 0 spiro atoms. The van der Waals surface area contributed by atoms with Crippen LogP contribution in [0.5, 0.6) is 0 Å². The van der Waals surface area contributed by atoms with E-state index in [2.05, 4.69) is 10.1 Å². The number of nitrogens with zero attached hydrogens (tertiary/aromatic N) is 4. The van der Waals surface area contributed by atoms with E-state index < -0.39 is 10.0 Å². The van der Waals surface area contributed by atoms with E-state index in [4.69, 9.17) is 0 Å². The zero-order valence-corrected chi connectivity index (χ0v) is 16.2. The minimum Gasteiger partial charge on any atom is -0.252 e. The van der Waals surface area contributed by atoms with Gasteiger partial charge in [-0.15, -0.1) is 0 Å². The molecule has 0 radical (unpaired) electrons. The predicted molar refractivity (Wildman–Crippen MR) is 104 cm³/mol. The molecule has 0 unspecified atom stereocenters. The van der Waals surface area contributed by atoms with Crippen LogP contribution in [0, 0.1) is 0 Å². The van der Waals surface area contributed by atoms with Gasteiger partial charge in [0.2, 0.25) is 10.0 Å². The Morgan fingerprint density at radius 2 is 1.70 bits per heavy atom. The summed E-state index contributed by atoms with van der Waals surface area (Å²) < 4.78 is 28.8. The Balaban J connectivity index is 1.50. The van der Waals surface area contributed by atoms with Gasteiger partial charge < -0.3 is 0 Å². The molecule has 140 valence electrons. The summed E-state index contributed by atoms with van der Waals surface area (Å²) in [6.07, 6.45) is 0.891. The third-order valence-electron chi connectivity index (χ3n) is 5.01. The first-order valence-corrected chi connectivity index (χ1v) is 10.5. The Labute approximate surface area is 159 Å². The monoisotopic (exact) mass is 382 g/mol. The van der Waals surface area contributed by atoms with E-state index in [0.717, 1.165) is 23.4 Å². The van der Waals surface area contributed by atoms with Gasteiger partial charge in [-0.05, 0) is 24.1 Å². The smallest absolute Gasteiger partial charge is 0.243 e. The molecule has 0 N–H and O–H groups in total. The molecule has 4 rings (SSSR count). The van der Waals surface area contributed by atoms with Gasteiger partial charge in [0.1, 0.15) is 5.82 Å². The fourth-order valence-electron chi connectivity index (χ4n) is 3.31. The highest BCUT2D eigenvalue weighted by Crippen LogP contribution is 2.32. The molecule has 2 aromatic carbocycles. The molecule has 0 aliphatic carbocycles. The maximum atomic E-state index is 12.8. The zero-order valence-electron chi connectivity index (χ0n) is 15.4. The lowest BCUT2D eigenvalue weighted by molar-refractivity contribution is 0.251. The second kappa shape index (κ2) is 6.90. The normalized spacial score (nSPS) is 15.6. The van der Waals surface area contributed by atoms with E-state index in [1.54, 1.807) is 16.8 Å². The van der Waals surface area contributed by atoms with Crippen molar-refractivity contribution in [2.45, 2.75) is 24.2 Å². The molecule has 7 heteroatoms. The summed E-state index contributed by atoms with van der Waals surface area (Å²) in [5, 5.41) is 4.49. The Morgan fingerprint density at radius 3 is 2.33 bits per heavy atom. The van der Waals surface area contributed by atoms with Crippen molar-refractivity contribution in [1.82, 2.24) is 19.1 Å². The number of hydrogen-bond acceptors (Lipinski definition) is 4. The highest BCUT2D eigenvalue weighted by atomic mass is 32.2. The summed E-state index contributed by atoms with van der Waals surface area (Å²) in [6, 6.07) is 16.9. The van der Waals surface area contributed by atoms with Gasteiger partial charge >= 0.3 is 0 Å².